The number of hydrogen-bond donors (Lipinski definition) is 1. The molecule has 14 heavy (non-hydrogen) atoms. The summed E-state index contributed by atoms with van der Waals surface area (Å²) in [5.41, 5.74) is 0. The van der Waals surface area contributed by atoms with E-state index in [2.05, 4.69) is 9.72 Å². The average molecular weight is 236 g/mol. The van der Waals surface area contributed by atoms with Gasteiger partial charge in [-0.3, -0.25) is 4.79 Å². The SMILES string of the molecule is COC(=O)C(C)C(O)c1ncc(Cl)s1. The first-order valence-corrected chi connectivity index (χ1v) is 5.12. The molecule has 0 fully saturated rings. The van der Waals surface area contributed by atoms with E-state index in [1.54, 1.807) is 6.92 Å². The highest BCUT2D eigenvalue weighted by atomic mass is 35.5. The van der Waals surface area contributed by atoms with Crippen molar-refractivity contribution < 1.29 is 14.6 Å². The number of aromatic nitrogens is 1. The summed E-state index contributed by atoms with van der Waals surface area (Å²) in [6.45, 7) is 1.58. The lowest BCUT2D eigenvalue weighted by molar-refractivity contribution is -0.148. The summed E-state index contributed by atoms with van der Waals surface area (Å²) in [4.78, 5) is 15.0. The molecule has 0 saturated carbocycles. The Bertz CT molecular complexity index is 328. The topological polar surface area (TPSA) is 59.4 Å². The van der Waals surface area contributed by atoms with E-state index in [0.29, 0.717) is 9.34 Å². The number of thiazole rings is 1. The Balaban J connectivity index is 2.74. The summed E-state index contributed by atoms with van der Waals surface area (Å²) in [5, 5.41) is 10.1. The van der Waals surface area contributed by atoms with Gasteiger partial charge in [0.05, 0.1) is 19.2 Å². The lowest BCUT2D eigenvalue weighted by Crippen LogP contribution is -2.20. The molecular weight excluding hydrogens is 226 g/mol. The molecule has 0 amide bonds. The zero-order valence-electron chi connectivity index (χ0n) is 7.73. The van der Waals surface area contributed by atoms with Crippen molar-refractivity contribution >= 4 is 28.9 Å². The number of aliphatic hydroxyl groups excluding tert-OH is 1. The predicted molar refractivity (Wildman–Crippen MR) is 53.3 cm³/mol. The average Bonchev–Trinajstić information content (AvgIpc) is 2.61. The van der Waals surface area contributed by atoms with Gasteiger partial charge in [0.15, 0.2) is 0 Å². The number of aliphatic hydroxyl groups is 1. The molecule has 1 rings (SSSR count). The van der Waals surface area contributed by atoms with Gasteiger partial charge < -0.3 is 9.84 Å². The number of methoxy groups -OCH3 is 1. The van der Waals surface area contributed by atoms with Crippen LogP contribution in [0.2, 0.25) is 4.34 Å². The van der Waals surface area contributed by atoms with Crippen LogP contribution in [0.4, 0.5) is 0 Å². The smallest absolute Gasteiger partial charge is 0.311 e. The van der Waals surface area contributed by atoms with Gasteiger partial charge in [-0.2, -0.15) is 0 Å². The molecule has 1 aromatic heterocycles. The van der Waals surface area contributed by atoms with Gasteiger partial charge in [-0.05, 0) is 6.92 Å². The Morgan fingerprint density at radius 3 is 2.86 bits per heavy atom. The standard InChI is InChI=1S/C8H10ClNO3S/c1-4(8(12)13-2)6(11)7-10-3-5(9)14-7/h3-4,6,11H,1-2H3. The van der Waals surface area contributed by atoms with Crippen molar-refractivity contribution in [3.05, 3.63) is 15.5 Å². The van der Waals surface area contributed by atoms with Crippen LogP contribution in [0.5, 0.6) is 0 Å². The van der Waals surface area contributed by atoms with Crippen molar-refractivity contribution in [1.29, 1.82) is 0 Å². The molecule has 78 valence electrons. The second-order valence-corrected chi connectivity index (χ2v) is 4.45. The third kappa shape index (κ3) is 2.43. The second-order valence-electron chi connectivity index (χ2n) is 2.76. The molecule has 2 atom stereocenters. The number of hydrogen-bond acceptors (Lipinski definition) is 5. The summed E-state index contributed by atoms with van der Waals surface area (Å²) in [7, 11) is 1.28. The van der Waals surface area contributed by atoms with E-state index in [0.717, 1.165) is 11.3 Å². The van der Waals surface area contributed by atoms with Crippen molar-refractivity contribution in [2.24, 2.45) is 5.92 Å². The van der Waals surface area contributed by atoms with Gasteiger partial charge in [-0.15, -0.1) is 11.3 Å². The van der Waals surface area contributed by atoms with Crippen molar-refractivity contribution in [3.63, 3.8) is 0 Å². The summed E-state index contributed by atoms with van der Waals surface area (Å²) in [6, 6.07) is 0. The van der Waals surface area contributed by atoms with Crippen LogP contribution in [0.1, 0.15) is 18.0 Å². The minimum absolute atomic E-state index is 0.424. The maximum atomic E-state index is 11.1. The summed E-state index contributed by atoms with van der Waals surface area (Å²) in [6.07, 6.45) is 0.481. The monoisotopic (exact) mass is 235 g/mol. The predicted octanol–water partition coefficient (Wildman–Crippen LogP) is 1.64. The Hall–Kier alpha value is -0.650. The van der Waals surface area contributed by atoms with Crippen molar-refractivity contribution in [1.82, 2.24) is 4.98 Å². The fourth-order valence-corrected chi connectivity index (χ4v) is 1.95. The summed E-state index contributed by atoms with van der Waals surface area (Å²) in [5.74, 6) is -1.11. The van der Waals surface area contributed by atoms with Crippen LogP contribution in [-0.4, -0.2) is 23.2 Å². The number of esters is 1. The highest BCUT2D eigenvalue weighted by Crippen LogP contribution is 2.28. The van der Waals surface area contributed by atoms with Crippen LogP contribution in [0.25, 0.3) is 0 Å². The molecule has 6 heteroatoms. The van der Waals surface area contributed by atoms with Crippen LogP contribution < -0.4 is 0 Å². The van der Waals surface area contributed by atoms with Crippen LogP contribution in [0, 0.1) is 5.92 Å². The van der Waals surface area contributed by atoms with Gasteiger partial charge in [-0.1, -0.05) is 11.6 Å². The second kappa shape index (κ2) is 4.72. The summed E-state index contributed by atoms with van der Waals surface area (Å²) < 4.78 is 4.99. The number of nitrogens with zero attached hydrogens (tertiary/aromatic N) is 1. The minimum atomic E-state index is -0.958. The number of halogens is 1. The maximum absolute atomic E-state index is 11.1. The van der Waals surface area contributed by atoms with E-state index in [-0.39, 0.29) is 0 Å². The van der Waals surface area contributed by atoms with Gasteiger partial charge >= 0.3 is 5.97 Å². The normalized spacial score (nSPS) is 14.9. The largest absolute Gasteiger partial charge is 0.469 e. The van der Waals surface area contributed by atoms with E-state index >= 15 is 0 Å². The quantitative estimate of drug-likeness (QED) is 0.810. The van der Waals surface area contributed by atoms with Gasteiger partial charge in [0.1, 0.15) is 15.4 Å². The molecule has 0 aliphatic heterocycles. The molecule has 0 radical (unpaired) electrons. The van der Waals surface area contributed by atoms with Crippen LogP contribution in [0.3, 0.4) is 0 Å². The first kappa shape index (κ1) is 11.4. The van der Waals surface area contributed by atoms with E-state index in [4.69, 9.17) is 11.6 Å². The Morgan fingerprint density at radius 2 is 2.43 bits per heavy atom. The van der Waals surface area contributed by atoms with E-state index in [9.17, 15) is 9.90 Å². The maximum Gasteiger partial charge on any atom is 0.311 e. The summed E-state index contributed by atoms with van der Waals surface area (Å²) >= 11 is 6.80. The zero-order valence-corrected chi connectivity index (χ0v) is 9.30. The minimum Gasteiger partial charge on any atom is -0.469 e. The molecule has 0 aliphatic carbocycles. The fourth-order valence-electron chi connectivity index (χ4n) is 0.932. The zero-order chi connectivity index (χ0) is 10.7. The molecule has 0 spiro atoms. The van der Waals surface area contributed by atoms with Crippen LogP contribution in [0.15, 0.2) is 6.20 Å². The third-order valence-corrected chi connectivity index (χ3v) is 2.98. The Kier molecular flexibility index (Phi) is 3.86. The van der Waals surface area contributed by atoms with Crippen molar-refractivity contribution in [3.8, 4) is 0 Å². The molecule has 0 aromatic carbocycles. The molecule has 2 unspecified atom stereocenters. The lowest BCUT2D eigenvalue weighted by Gasteiger charge is -2.13. The van der Waals surface area contributed by atoms with Gasteiger partial charge in [-0.25, -0.2) is 4.98 Å². The molecule has 0 bridgehead atoms. The first-order valence-electron chi connectivity index (χ1n) is 3.93. The molecular formula is C8H10ClNO3S. The van der Waals surface area contributed by atoms with E-state index in [1.165, 1.54) is 13.3 Å². The highest BCUT2D eigenvalue weighted by molar-refractivity contribution is 7.15. The van der Waals surface area contributed by atoms with Gasteiger partial charge in [0.25, 0.3) is 0 Å². The molecule has 1 N–H and O–H groups in total. The number of rotatable bonds is 3. The molecule has 1 heterocycles. The van der Waals surface area contributed by atoms with Crippen molar-refractivity contribution in [2.75, 3.05) is 7.11 Å². The lowest BCUT2D eigenvalue weighted by atomic mass is 10.1. The van der Waals surface area contributed by atoms with Gasteiger partial charge in [0.2, 0.25) is 0 Å². The fraction of sp³-hybridized carbons (Fsp3) is 0.500. The highest BCUT2D eigenvalue weighted by Gasteiger charge is 2.26. The molecule has 4 nitrogen and oxygen atoms in total. The van der Waals surface area contributed by atoms with E-state index < -0.39 is 18.0 Å². The van der Waals surface area contributed by atoms with Crippen LogP contribution in [-0.2, 0) is 9.53 Å². The molecule has 1 aromatic rings. The Labute approximate surface area is 90.5 Å². The van der Waals surface area contributed by atoms with Gasteiger partial charge in [0, 0.05) is 0 Å². The van der Waals surface area contributed by atoms with Crippen LogP contribution >= 0.6 is 22.9 Å². The number of carbonyl (C=O) groups is 1. The van der Waals surface area contributed by atoms with Crippen molar-refractivity contribution in [2.45, 2.75) is 13.0 Å². The molecule has 0 saturated heterocycles. The molecule has 0 aliphatic rings. The number of ether oxygens (including phenoxy) is 1. The Morgan fingerprint density at radius 1 is 1.79 bits per heavy atom. The third-order valence-electron chi connectivity index (χ3n) is 1.79. The number of carbonyl (C=O) groups excluding carboxylic acids is 1. The van der Waals surface area contributed by atoms with E-state index in [1.807, 2.05) is 0 Å². The first-order chi connectivity index (χ1) is 6.56.